The van der Waals surface area contributed by atoms with Crippen molar-refractivity contribution >= 4 is 34.7 Å². The minimum atomic E-state index is -0.587. The highest BCUT2D eigenvalue weighted by atomic mass is 32.2. The number of nitrogens with zero attached hydrogens (tertiary/aromatic N) is 3. The van der Waals surface area contributed by atoms with Crippen molar-refractivity contribution in [1.82, 2.24) is 15.2 Å². The third-order valence-corrected chi connectivity index (χ3v) is 6.53. The van der Waals surface area contributed by atoms with Gasteiger partial charge in [-0.2, -0.15) is 0 Å². The molecule has 0 unspecified atom stereocenters. The Morgan fingerprint density at radius 1 is 1.19 bits per heavy atom. The molecule has 0 fully saturated rings. The van der Waals surface area contributed by atoms with Gasteiger partial charge in [-0.3, -0.25) is 4.79 Å². The van der Waals surface area contributed by atoms with E-state index >= 15 is 0 Å². The first kappa shape index (κ1) is 22.0. The molecule has 2 aromatic heterocycles. The van der Waals surface area contributed by atoms with Gasteiger partial charge in [-0.05, 0) is 48.9 Å². The summed E-state index contributed by atoms with van der Waals surface area (Å²) in [7, 11) is 1.58. The number of carbonyl (C=O) groups is 1. The number of thiazole rings is 1. The summed E-state index contributed by atoms with van der Waals surface area (Å²) in [6, 6.07) is 15.2. The first-order valence-corrected chi connectivity index (χ1v) is 11.7. The van der Waals surface area contributed by atoms with Crippen LogP contribution in [0.3, 0.4) is 0 Å². The molecule has 4 aromatic rings. The molecule has 1 atom stereocenters. The molecule has 0 saturated carbocycles. The normalized spacial score (nSPS) is 11.8. The molecule has 0 spiro atoms. The first-order valence-electron chi connectivity index (χ1n) is 9.92. The third kappa shape index (κ3) is 5.35. The van der Waals surface area contributed by atoms with Crippen molar-refractivity contribution < 1.29 is 13.9 Å². The summed E-state index contributed by atoms with van der Waals surface area (Å²) in [6.45, 7) is 3.91. The third-order valence-electron chi connectivity index (χ3n) is 4.62. The Morgan fingerprint density at radius 3 is 2.72 bits per heavy atom. The van der Waals surface area contributed by atoms with Crippen LogP contribution in [-0.4, -0.2) is 28.2 Å². The summed E-state index contributed by atoms with van der Waals surface area (Å²) < 4.78 is 11.2. The van der Waals surface area contributed by atoms with Crippen LogP contribution in [-0.2, 0) is 11.2 Å². The maximum atomic E-state index is 13.3. The van der Waals surface area contributed by atoms with E-state index in [1.165, 1.54) is 11.8 Å². The van der Waals surface area contributed by atoms with Gasteiger partial charge in [0, 0.05) is 5.38 Å². The van der Waals surface area contributed by atoms with Gasteiger partial charge >= 0.3 is 0 Å². The summed E-state index contributed by atoms with van der Waals surface area (Å²) in [5, 5.41) is 14.0. The molecule has 0 bridgehead atoms. The monoisotopic (exact) mass is 466 g/mol. The number of ether oxygens (including phenoxy) is 1. The second-order valence-corrected chi connectivity index (χ2v) is 9.22. The zero-order valence-corrected chi connectivity index (χ0v) is 19.5. The number of anilines is 1. The number of hydrogen-bond donors (Lipinski definition) is 1. The molecule has 0 aliphatic carbocycles. The lowest BCUT2D eigenvalue weighted by molar-refractivity contribution is -0.115. The minimum Gasteiger partial charge on any atom is -0.495 e. The van der Waals surface area contributed by atoms with Gasteiger partial charge in [-0.15, -0.1) is 21.5 Å². The molecule has 0 saturated heterocycles. The van der Waals surface area contributed by atoms with Gasteiger partial charge in [0.15, 0.2) is 0 Å². The van der Waals surface area contributed by atoms with Gasteiger partial charge in [0.05, 0.1) is 29.9 Å². The van der Waals surface area contributed by atoms with Gasteiger partial charge in [0.25, 0.3) is 5.22 Å². The molecule has 4 rings (SSSR count). The second-order valence-electron chi connectivity index (χ2n) is 7.10. The van der Waals surface area contributed by atoms with E-state index in [2.05, 4.69) is 20.5 Å². The maximum Gasteiger partial charge on any atom is 0.277 e. The molecule has 9 heteroatoms. The second kappa shape index (κ2) is 9.97. The van der Waals surface area contributed by atoms with Crippen LogP contribution in [0.25, 0.3) is 0 Å². The predicted octanol–water partition coefficient (Wildman–Crippen LogP) is 5.21. The molecule has 0 radical (unpaired) electrons. The van der Waals surface area contributed by atoms with Crippen LogP contribution in [0.15, 0.2) is 63.6 Å². The number of methoxy groups -OCH3 is 1. The molecule has 32 heavy (non-hydrogen) atoms. The zero-order valence-electron chi connectivity index (χ0n) is 17.9. The van der Waals surface area contributed by atoms with Crippen molar-refractivity contribution in [2.24, 2.45) is 0 Å². The number of amides is 1. The molecule has 1 amide bonds. The Kier molecular flexibility index (Phi) is 6.87. The number of benzene rings is 2. The summed E-state index contributed by atoms with van der Waals surface area (Å²) >= 11 is 2.79. The number of aryl methyl sites for hydroxylation is 2. The van der Waals surface area contributed by atoms with Crippen LogP contribution < -0.4 is 10.1 Å². The summed E-state index contributed by atoms with van der Waals surface area (Å²) in [6.07, 6.45) is 0.459. The lowest BCUT2D eigenvalue weighted by atomic mass is 10.1. The fraction of sp³-hybridized carbons (Fsp3) is 0.217. The quantitative estimate of drug-likeness (QED) is 0.356. The Morgan fingerprint density at radius 2 is 2.00 bits per heavy atom. The Labute approximate surface area is 194 Å². The molecule has 0 aliphatic heterocycles. The SMILES string of the molecule is COc1ccc(C)cc1NC(=O)[C@H](Sc1nnc(Cc2csc(C)n2)o1)c1ccccc1. The summed E-state index contributed by atoms with van der Waals surface area (Å²) in [5.41, 5.74) is 3.35. The van der Waals surface area contributed by atoms with Gasteiger partial charge in [-0.1, -0.05) is 36.4 Å². The van der Waals surface area contributed by atoms with Crippen LogP contribution in [0.5, 0.6) is 5.75 Å². The summed E-state index contributed by atoms with van der Waals surface area (Å²) in [5.74, 6) is 0.852. The Balaban J connectivity index is 1.55. The highest BCUT2D eigenvalue weighted by Gasteiger charge is 2.26. The average Bonchev–Trinajstić information content (AvgIpc) is 3.41. The molecule has 2 aromatic carbocycles. The van der Waals surface area contributed by atoms with Gasteiger partial charge in [0.1, 0.15) is 11.0 Å². The van der Waals surface area contributed by atoms with E-state index in [0.717, 1.165) is 21.8 Å². The van der Waals surface area contributed by atoms with Crippen molar-refractivity contribution in [3.8, 4) is 5.75 Å². The average molecular weight is 467 g/mol. The topological polar surface area (TPSA) is 90.1 Å². The number of carbonyl (C=O) groups excluding carboxylic acids is 1. The largest absolute Gasteiger partial charge is 0.495 e. The number of thioether (sulfide) groups is 1. The minimum absolute atomic E-state index is 0.208. The highest BCUT2D eigenvalue weighted by Crippen LogP contribution is 2.37. The standard InChI is InChI=1S/C23H22N4O3S2/c1-14-9-10-19(29-3)18(11-14)25-22(28)21(16-7-5-4-6-8-16)32-23-27-26-20(30-23)12-17-13-31-15(2)24-17/h4-11,13,21H,12H2,1-3H3,(H,25,28)/t21-/m1/s1. The van der Waals surface area contributed by atoms with E-state index in [0.29, 0.717) is 29.0 Å². The van der Waals surface area contributed by atoms with Crippen molar-refractivity contribution in [2.45, 2.75) is 30.7 Å². The highest BCUT2D eigenvalue weighted by molar-refractivity contribution is 8.00. The Hall–Kier alpha value is -3.17. The smallest absolute Gasteiger partial charge is 0.277 e. The van der Waals surface area contributed by atoms with E-state index in [1.807, 2.05) is 67.8 Å². The number of rotatable bonds is 8. The maximum absolute atomic E-state index is 13.3. The number of nitrogens with one attached hydrogen (secondary N) is 1. The Bertz CT molecular complexity index is 1210. The first-order chi connectivity index (χ1) is 15.5. The molecule has 2 heterocycles. The fourth-order valence-electron chi connectivity index (χ4n) is 3.12. The molecule has 0 aliphatic rings. The van der Waals surface area contributed by atoms with Gasteiger partial charge in [-0.25, -0.2) is 4.98 Å². The predicted molar refractivity (Wildman–Crippen MR) is 125 cm³/mol. The van der Waals surface area contributed by atoms with E-state index in [-0.39, 0.29) is 5.91 Å². The van der Waals surface area contributed by atoms with Gasteiger partial charge < -0.3 is 14.5 Å². The van der Waals surface area contributed by atoms with Crippen molar-refractivity contribution in [3.05, 3.63) is 81.6 Å². The zero-order chi connectivity index (χ0) is 22.5. The van der Waals surface area contributed by atoms with Crippen LogP contribution in [0, 0.1) is 13.8 Å². The molecule has 164 valence electrons. The van der Waals surface area contributed by atoms with Crippen molar-refractivity contribution in [3.63, 3.8) is 0 Å². The van der Waals surface area contributed by atoms with E-state index < -0.39 is 5.25 Å². The van der Waals surface area contributed by atoms with Crippen molar-refractivity contribution in [2.75, 3.05) is 12.4 Å². The van der Waals surface area contributed by atoms with E-state index in [9.17, 15) is 4.79 Å². The lowest BCUT2D eigenvalue weighted by Crippen LogP contribution is -2.19. The molecular formula is C23H22N4O3S2. The molecule has 7 nitrogen and oxygen atoms in total. The fourth-order valence-corrected chi connectivity index (χ4v) is 4.63. The van der Waals surface area contributed by atoms with Crippen LogP contribution >= 0.6 is 23.1 Å². The van der Waals surface area contributed by atoms with Crippen LogP contribution in [0.4, 0.5) is 5.69 Å². The molecular weight excluding hydrogens is 444 g/mol. The number of hydrogen-bond acceptors (Lipinski definition) is 8. The lowest BCUT2D eigenvalue weighted by Gasteiger charge is -2.17. The van der Waals surface area contributed by atoms with Crippen molar-refractivity contribution in [1.29, 1.82) is 0 Å². The van der Waals surface area contributed by atoms with Crippen LogP contribution in [0.1, 0.15) is 33.0 Å². The number of aromatic nitrogens is 3. The van der Waals surface area contributed by atoms with E-state index in [4.69, 9.17) is 9.15 Å². The summed E-state index contributed by atoms with van der Waals surface area (Å²) in [4.78, 5) is 17.7. The van der Waals surface area contributed by atoms with E-state index in [1.54, 1.807) is 18.4 Å². The van der Waals surface area contributed by atoms with Crippen LogP contribution in [0.2, 0.25) is 0 Å². The van der Waals surface area contributed by atoms with Gasteiger partial charge in [0.2, 0.25) is 11.8 Å². The molecule has 1 N–H and O–H groups in total.